The molecular weight excluding hydrogens is 296 g/mol. The molecule has 0 aromatic heterocycles. The molecule has 0 saturated heterocycles. The molecule has 1 unspecified atom stereocenters. The molecule has 1 aliphatic rings. The summed E-state index contributed by atoms with van der Waals surface area (Å²) in [7, 11) is 0. The Morgan fingerprint density at radius 3 is 2.50 bits per heavy atom. The fourth-order valence-electron chi connectivity index (χ4n) is 3.28. The number of hydrogen-bond donors (Lipinski definition) is 2. The monoisotopic (exact) mass is 318 g/mol. The van der Waals surface area contributed by atoms with E-state index in [4.69, 9.17) is 5.73 Å². The molecule has 3 N–H and O–H groups in total. The first-order valence-electron chi connectivity index (χ1n) is 7.68. The second-order valence-electron chi connectivity index (χ2n) is 6.13. The van der Waals surface area contributed by atoms with Crippen LogP contribution in [0.15, 0.2) is 42.5 Å². The first-order valence-corrected chi connectivity index (χ1v) is 7.68. The SMILES string of the molecule is CC(NC(=O)C1(N)CCCC1)c1cccc2ccccc12.Cl. The number of carbonyl (C=O) groups is 1. The largest absolute Gasteiger partial charge is 0.348 e. The van der Waals surface area contributed by atoms with Gasteiger partial charge in [0.1, 0.15) is 0 Å². The average Bonchev–Trinajstić information content (AvgIpc) is 2.95. The third kappa shape index (κ3) is 3.11. The fraction of sp³-hybridized carbons (Fsp3) is 0.389. The van der Waals surface area contributed by atoms with Gasteiger partial charge in [0.15, 0.2) is 0 Å². The Labute approximate surface area is 137 Å². The third-order valence-electron chi connectivity index (χ3n) is 4.59. The van der Waals surface area contributed by atoms with Crippen LogP contribution in [0.3, 0.4) is 0 Å². The zero-order chi connectivity index (χ0) is 14.9. The highest BCUT2D eigenvalue weighted by Gasteiger charge is 2.37. The number of fused-ring (bicyclic) bond motifs is 1. The molecule has 22 heavy (non-hydrogen) atoms. The zero-order valence-electron chi connectivity index (χ0n) is 12.8. The Morgan fingerprint density at radius 2 is 1.77 bits per heavy atom. The van der Waals surface area contributed by atoms with Crippen LogP contribution in [0.1, 0.15) is 44.2 Å². The molecular formula is C18H23ClN2O. The van der Waals surface area contributed by atoms with E-state index < -0.39 is 5.54 Å². The van der Waals surface area contributed by atoms with Crippen molar-refractivity contribution in [1.29, 1.82) is 0 Å². The summed E-state index contributed by atoms with van der Waals surface area (Å²) < 4.78 is 0. The summed E-state index contributed by atoms with van der Waals surface area (Å²) in [6, 6.07) is 14.4. The van der Waals surface area contributed by atoms with E-state index in [1.807, 2.05) is 25.1 Å². The number of hydrogen-bond acceptors (Lipinski definition) is 2. The highest BCUT2D eigenvalue weighted by atomic mass is 35.5. The van der Waals surface area contributed by atoms with E-state index in [9.17, 15) is 4.79 Å². The Balaban J connectivity index is 0.00000176. The van der Waals surface area contributed by atoms with Gasteiger partial charge in [-0.15, -0.1) is 12.4 Å². The molecule has 1 fully saturated rings. The first-order chi connectivity index (χ1) is 10.1. The van der Waals surface area contributed by atoms with Crippen LogP contribution in [-0.4, -0.2) is 11.4 Å². The predicted molar refractivity (Wildman–Crippen MR) is 93.1 cm³/mol. The van der Waals surface area contributed by atoms with Gasteiger partial charge in [0.25, 0.3) is 0 Å². The highest BCUT2D eigenvalue weighted by Crippen LogP contribution is 2.29. The Hall–Kier alpha value is -1.58. The molecule has 1 amide bonds. The van der Waals surface area contributed by atoms with Gasteiger partial charge in [0, 0.05) is 0 Å². The summed E-state index contributed by atoms with van der Waals surface area (Å²) in [5, 5.41) is 5.49. The molecule has 3 rings (SSSR count). The molecule has 2 aromatic carbocycles. The van der Waals surface area contributed by atoms with Crippen molar-refractivity contribution in [2.45, 2.75) is 44.2 Å². The van der Waals surface area contributed by atoms with Crippen molar-refractivity contribution in [3.63, 3.8) is 0 Å². The predicted octanol–water partition coefficient (Wildman–Crippen LogP) is 3.71. The number of nitrogens with one attached hydrogen (secondary N) is 1. The molecule has 0 aliphatic heterocycles. The fourth-order valence-corrected chi connectivity index (χ4v) is 3.28. The van der Waals surface area contributed by atoms with E-state index in [0.717, 1.165) is 31.2 Å². The normalized spacial score (nSPS) is 17.7. The van der Waals surface area contributed by atoms with Gasteiger partial charge < -0.3 is 11.1 Å². The van der Waals surface area contributed by atoms with Crippen LogP contribution in [-0.2, 0) is 4.79 Å². The lowest BCUT2D eigenvalue weighted by molar-refractivity contribution is -0.126. The first kappa shape index (κ1) is 16.8. The van der Waals surface area contributed by atoms with Gasteiger partial charge in [-0.3, -0.25) is 4.79 Å². The number of carbonyl (C=O) groups excluding carboxylic acids is 1. The van der Waals surface area contributed by atoms with Gasteiger partial charge >= 0.3 is 0 Å². The average molecular weight is 319 g/mol. The van der Waals surface area contributed by atoms with E-state index in [-0.39, 0.29) is 24.4 Å². The Kier molecular flexibility index (Phi) is 5.09. The number of amides is 1. The minimum Gasteiger partial charge on any atom is -0.348 e. The molecule has 4 heteroatoms. The van der Waals surface area contributed by atoms with Gasteiger partial charge in [0.05, 0.1) is 11.6 Å². The molecule has 1 atom stereocenters. The van der Waals surface area contributed by atoms with Gasteiger partial charge in [0.2, 0.25) is 5.91 Å². The van der Waals surface area contributed by atoms with Crippen molar-refractivity contribution in [3.8, 4) is 0 Å². The summed E-state index contributed by atoms with van der Waals surface area (Å²) in [6.07, 6.45) is 3.68. The van der Waals surface area contributed by atoms with Crippen molar-refractivity contribution in [2.75, 3.05) is 0 Å². The summed E-state index contributed by atoms with van der Waals surface area (Å²) >= 11 is 0. The van der Waals surface area contributed by atoms with Crippen LogP contribution in [0, 0.1) is 0 Å². The summed E-state index contributed by atoms with van der Waals surface area (Å²) in [6.45, 7) is 2.03. The molecule has 0 heterocycles. The van der Waals surface area contributed by atoms with Crippen molar-refractivity contribution in [1.82, 2.24) is 5.32 Å². The summed E-state index contributed by atoms with van der Waals surface area (Å²) in [5.41, 5.74) is 6.70. The number of benzene rings is 2. The van der Waals surface area contributed by atoms with Gasteiger partial charge in [-0.25, -0.2) is 0 Å². The molecule has 0 spiro atoms. The molecule has 2 aromatic rings. The highest BCUT2D eigenvalue weighted by molar-refractivity contribution is 5.89. The topological polar surface area (TPSA) is 55.1 Å². The van der Waals surface area contributed by atoms with Crippen LogP contribution in [0.2, 0.25) is 0 Å². The minimum atomic E-state index is -0.668. The maximum atomic E-state index is 12.5. The molecule has 0 radical (unpaired) electrons. The second-order valence-corrected chi connectivity index (χ2v) is 6.13. The van der Waals surface area contributed by atoms with Gasteiger partial charge in [-0.1, -0.05) is 55.3 Å². The van der Waals surface area contributed by atoms with Crippen molar-refractivity contribution in [2.24, 2.45) is 5.73 Å². The summed E-state index contributed by atoms with van der Waals surface area (Å²) in [5.74, 6) is -0.0135. The van der Waals surface area contributed by atoms with Crippen molar-refractivity contribution < 1.29 is 4.79 Å². The van der Waals surface area contributed by atoms with Gasteiger partial charge in [-0.05, 0) is 36.1 Å². The number of halogens is 1. The number of nitrogens with two attached hydrogens (primary N) is 1. The van der Waals surface area contributed by atoms with Crippen molar-refractivity contribution >= 4 is 29.1 Å². The molecule has 0 bridgehead atoms. The lowest BCUT2D eigenvalue weighted by Gasteiger charge is -2.25. The molecule has 3 nitrogen and oxygen atoms in total. The lowest BCUT2D eigenvalue weighted by atomic mass is 9.95. The third-order valence-corrected chi connectivity index (χ3v) is 4.59. The minimum absolute atomic E-state index is 0. The standard InChI is InChI=1S/C18H22N2O.ClH/c1-13(20-17(21)18(19)11-4-5-12-18)15-10-6-8-14-7-2-3-9-16(14)15;/h2-3,6-10,13H,4-5,11-12,19H2,1H3,(H,20,21);1H. The van der Waals surface area contributed by atoms with Crippen LogP contribution >= 0.6 is 12.4 Å². The smallest absolute Gasteiger partial charge is 0.240 e. The van der Waals surface area contributed by atoms with Crippen LogP contribution < -0.4 is 11.1 Å². The zero-order valence-corrected chi connectivity index (χ0v) is 13.7. The lowest BCUT2D eigenvalue weighted by Crippen LogP contribution is -2.52. The molecule has 1 aliphatic carbocycles. The molecule has 1 saturated carbocycles. The van der Waals surface area contributed by atoms with Crippen molar-refractivity contribution in [3.05, 3.63) is 48.0 Å². The van der Waals surface area contributed by atoms with E-state index >= 15 is 0 Å². The quantitative estimate of drug-likeness (QED) is 0.906. The second kappa shape index (κ2) is 6.67. The maximum absolute atomic E-state index is 12.5. The van der Waals surface area contributed by atoms with Gasteiger partial charge in [-0.2, -0.15) is 0 Å². The number of rotatable bonds is 3. The van der Waals surface area contributed by atoms with E-state index in [1.165, 1.54) is 10.8 Å². The van der Waals surface area contributed by atoms with E-state index in [0.29, 0.717) is 0 Å². The van der Waals surface area contributed by atoms with E-state index in [2.05, 4.69) is 29.6 Å². The van der Waals surface area contributed by atoms with Crippen LogP contribution in [0.25, 0.3) is 10.8 Å². The molecule has 118 valence electrons. The van der Waals surface area contributed by atoms with E-state index in [1.54, 1.807) is 0 Å². The maximum Gasteiger partial charge on any atom is 0.240 e. The van der Waals surface area contributed by atoms with Crippen LogP contribution in [0.4, 0.5) is 0 Å². The Bertz CT molecular complexity index is 660. The summed E-state index contributed by atoms with van der Waals surface area (Å²) in [4.78, 5) is 12.5. The van der Waals surface area contributed by atoms with Crippen LogP contribution in [0.5, 0.6) is 0 Å². The Morgan fingerprint density at radius 1 is 1.14 bits per heavy atom.